The van der Waals surface area contributed by atoms with E-state index in [2.05, 4.69) is 53.7 Å². The first kappa shape index (κ1) is 19.2. The first-order valence-electron chi connectivity index (χ1n) is 8.68. The molecule has 0 radical (unpaired) electrons. The van der Waals surface area contributed by atoms with E-state index in [1.54, 1.807) is 30.3 Å². The number of carbonyl (C=O) groups excluding carboxylic acids is 2. The van der Waals surface area contributed by atoms with Gasteiger partial charge >= 0.3 is 6.03 Å². The van der Waals surface area contributed by atoms with Crippen molar-refractivity contribution in [2.75, 3.05) is 17.2 Å². The van der Waals surface area contributed by atoms with Crippen LogP contribution >= 0.6 is 0 Å². The lowest BCUT2D eigenvalue weighted by molar-refractivity contribution is -0.116. The molecule has 0 aromatic heterocycles. The molecule has 0 saturated heterocycles. The number of rotatable bonds is 8. The Hall–Kier alpha value is -3.08. The fourth-order valence-electron chi connectivity index (χ4n) is 2.41. The second-order valence-electron chi connectivity index (χ2n) is 6.09. The molecule has 0 unspecified atom stereocenters. The third-order valence-corrected chi connectivity index (χ3v) is 3.82. The van der Waals surface area contributed by atoms with Crippen molar-refractivity contribution in [3.05, 3.63) is 72.3 Å². The highest BCUT2D eigenvalue weighted by Gasteiger charge is 2.04. The Balaban J connectivity index is 1.73. The fourth-order valence-corrected chi connectivity index (χ4v) is 2.41. The van der Waals surface area contributed by atoms with Gasteiger partial charge in [-0.05, 0) is 49.6 Å². The van der Waals surface area contributed by atoms with E-state index in [4.69, 9.17) is 0 Å². The van der Waals surface area contributed by atoms with Crippen LogP contribution in [-0.4, -0.2) is 18.5 Å². The lowest BCUT2D eigenvalue weighted by atomic mass is 10.1. The molecule has 3 N–H and O–H groups in total. The second-order valence-corrected chi connectivity index (χ2v) is 6.09. The summed E-state index contributed by atoms with van der Waals surface area (Å²) in [6.45, 7) is 6.00. The van der Waals surface area contributed by atoms with Gasteiger partial charge in [-0.25, -0.2) is 4.79 Å². The molecule has 0 aliphatic heterocycles. The molecule has 26 heavy (non-hydrogen) atoms. The van der Waals surface area contributed by atoms with Crippen LogP contribution in [0.2, 0.25) is 0 Å². The molecular weight excluding hydrogens is 326 g/mol. The van der Waals surface area contributed by atoms with Gasteiger partial charge in [0, 0.05) is 24.3 Å². The monoisotopic (exact) mass is 351 g/mol. The minimum atomic E-state index is -0.294. The van der Waals surface area contributed by atoms with E-state index in [-0.39, 0.29) is 11.9 Å². The Morgan fingerprint density at radius 3 is 2.19 bits per heavy atom. The zero-order chi connectivity index (χ0) is 18.8. The standard InChI is InChI=1S/C21H25N3O2/c1-3-15-22-21(26)24-19-13-11-18(12-14-19)23-20(25)6-4-5-17-9-7-16(2)8-10-17/h3,7-14H,1,4-6,15H2,2H3,(H,23,25)(H2,22,24,26). The molecule has 5 nitrogen and oxygen atoms in total. The summed E-state index contributed by atoms with van der Waals surface area (Å²) >= 11 is 0. The molecule has 0 saturated carbocycles. The normalized spacial score (nSPS) is 10.0. The topological polar surface area (TPSA) is 70.2 Å². The van der Waals surface area contributed by atoms with Gasteiger partial charge in [0.2, 0.25) is 5.91 Å². The van der Waals surface area contributed by atoms with Crippen LogP contribution in [-0.2, 0) is 11.2 Å². The highest BCUT2D eigenvalue weighted by molar-refractivity contribution is 5.92. The Labute approximate surface area is 154 Å². The quantitative estimate of drug-likeness (QED) is 0.622. The van der Waals surface area contributed by atoms with Gasteiger partial charge in [0.05, 0.1) is 0 Å². The number of hydrogen-bond donors (Lipinski definition) is 3. The number of aryl methyl sites for hydroxylation is 2. The Kier molecular flexibility index (Phi) is 7.43. The van der Waals surface area contributed by atoms with Gasteiger partial charge in [-0.3, -0.25) is 4.79 Å². The van der Waals surface area contributed by atoms with Crippen molar-refractivity contribution in [2.24, 2.45) is 0 Å². The summed E-state index contributed by atoms with van der Waals surface area (Å²) in [6, 6.07) is 15.1. The van der Waals surface area contributed by atoms with Crippen LogP contribution in [0.3, 0.4) is 0 Å². The first-order chi connectivity index (χ1) is 12.6. The smallest absolute Gasteiger partial charge is 0.319 e. The van der Waals surface area contributed by atoms with Gasteiger partial charge in [-0.1, -0.05) is 35.9 Å². The fraction of sp³-hybridized carbons (Fsp3) is 0.238. The summed E-state index contributed by atoms with van der Waals surface area (Å²) in [7, 11) is 0. The van der Waals surface area contributed by atoms with Crippen molar-refractivity contribution >= 4 is 23.3 Å². The van der Waals surface area contributed by atoms with E-state index in [1.165, 1.54) is 11.1 Å². The largest absolute Gasteiger partial charge is 0.334 e. The van der Waals surface area contributed by atoms with E-state index in [0.29, 0.717) is 24.3 Å². The Morgan fingerprint density at radius 2 is 1.58 bits per heavy atom. The number of anilines is 2. The van der Waals surface area contributed by atoms with Crippen molar-refractivity contribution in [1.29, 1.82) is 0 Å². The molecule has 2 rings (SSSR count). The van der Waals surface area contributed by atoms with Gasteiger partial charge in [0.1, 0.15) is 0 Å². The first-order valence-corrected chi connectivity index (χ1v) is 8.68. The number of nitrogens with one attached hydrogen (secondary N) is 3. The van der Waals surface area contributed by atoms with Crippen molar-refractivity contribution < 1.29 is 9.59 Å². The van der Waals surface area contributed by atoms with E-state index < -0.39 is 0 Å². The van der Waals surface area contributed by atoms with Gasteiger partial charge < -0.3 is 16.0 Å². The van der Waals surface area contributed by atoms with Gasteiger partial charge in [0.25, 0.3) is 0 Å². The van der Waals surface area contributed by atoms with E-state index in [1.807, 2.05) is 0 Å². The van der Waals surface area contributed by atoms with Crippen LogP contribution in [0.25, 0.3) is 0 Å². The lowest BCUT2D eigenvalue weighted by Crippen LogP contribution is -2.28. The molecule has 0 fully saturated rings. The second kappa shape index (κ2) is 10.0. The molecule has 0 aliphatic rings. The maximum atomic E-state index is 12.0. The molecule has 0 bridgehead atoms. The summed E-state index contributed by atoms with van der Waals surface area (Å²) in [5, 5.41) is 8.20. The van der Waals surface area contributed by atoms with Gasteiger partial charge in [-0.2, -0.15) is 0 Å². The van der Waals surface area contributed by atoms with Crippen LogP contribution in [0.15, 0.2) is 61.2 Å². The minimum absolute atomic E-state index is 0.0125. The maximum Gasteiger partial charge on any atom is 0.319 e. The molecule has 5 heteroatoms. The molecule has 136 valence electrons. The van der Waals surface area contributed by atoms with Crippen LogP contribution in [0.1, 0.15) is 24.0 Å². The number of amides is 3. The molecule has 0 aliphatic carbocycles. The zero-order valence-electron chi connectivity index (χ0n) is 15.0. The lowest BCUT2D eigenvalue weighted by Gasteiger charge is -2.08. The van der Waals surface area contributed by atoms with E-state index in [0.717, 1.165) is 12.8 Å². The van der Waals surface area contributed by atoms with Crippen molar-refractivity contribution in [3.8, 4) is 0 Å². The van der Waals surface area contributed by atoms with Gasteiger partial charge in [0.15, 0.2) is 0 Å². The number of hydrogen-bond acceptors (Lipinski definition) is 2. The summed E-state index contributed by atoms with van der Waals surface area (Å²) in [4.78, 5) is 23.6. The molecule has 3 amide bonds. The molecule has 0 spiro atoms. The average molecular weight is 351 g/mol. The van der Waals surface area contributed by atoms with Crippen LogP contribution in [0.4, 0.5) is 16.2 Å². The van der Waals surface area contributed by atoms with E-state index >= 15 is 0 Å². The van der Waals surface area contributed by atoms with Crippen LogP contribution < -0.4 is 16.0 Å². The summed E-state index contributed by atoms with van der Waals surface area (Å²) in [5.41, 5.74) is 3.85. The zero-order valence-corrected chi connectivity index (χ0v) is 15.0. The number of benzene rings is 2. The molecular formula is C21H25N3O2. The van der Waals surface area contributed by atoms with Crippen LogP contribution in [0.5, 0.6) is 0 Å². The Bertz CT molecular complexity index is 737. The molecule has 2 aromatic rings. The number of urea groups is 1. The minimum Gasteiger partial charge on any atom is -0.334 e. The summed E-state index contributed by atoms with van der Waals surface area (Å²) in [6.07, 6.45) is 3.77. The van der Waals surface area contributed by atoms with Gasteiger partial charge in [-0.15, -0.1) is 6.58 Å². The maximum absolute atomic E-state index is 12.0. The van der Waals surface area contributed by atoms with Crippen molar-refractivity contribution in [2.45, 2.75) is 26.2 Å². The SMILES string of the molecule is C=CCNC(=O)Nc1ccc(NC(=O)CCCc2ccc(C)cc2)cc1. The average Bonchev–Trinajstić information content (AvgIpc) is 2.63. The Morgan fingerprint density at radius 1 is 0.962 bits per heavy atom. The summed E-state index contributed by atoms with van der Waals surface area (Å²) < 4.78 is 0. The van der Waals surface area contributed by atoms with Crippen LogP contribution in [0, 0.1) is 6.92 Å². The third-order valence-electron chi connectivity index (χ3n) is 3.82. The highest BCUT2D eigenvalue weighted by Crippen LogP contribution is 2.14. The molecule has 2 aromatic carbocycles. The van der Waals surface area contributed by atoms with Crippen molar-refractivity contribution in [1.82, 2.24) is 5.32 Å². The van der Waals surface area contributed by atoms with Crippen molar-refractivity contribution in [3.63, 3.8) is 0 Å². The van der Waals surface area contributed by atoms with E-state index in [9.17, 15) is 9.59 Å². The predicted octanol–water partition coefficient (Wildman–Crippen LogP) is 4.26. The predicted molar refractivity (Wildman–Crippen MR) is 106 cm³/mol. The molecule has 0 atom stereocenters. The highest BCUT2D eigenvalue weighted by atomic mass is 16.2. The third kappa shape index (κ3) is 6.81. The molecule has 0 heterocycles. The summed E-state index contributed by atoms with van der Waals surface area (Å²) in [5.74, 6) is -0.0125. The number of carbonyl (C=O) groups is 2.